The summed E-state index contributed by atoms with van der Waals surface area (Å²) in [5.74, 6) is -0.734. The van der Waals surface area contributed by atoms with Crippen molar-refractivity contribution in [3.8, 4) is 16.9 Å². The van der Waals surface area contributed by atoms with E-state index in [1.807, 2.05) is 12.1 Å². The molecule has 0 aliphatic heterocycles. The lowest BCUT2D eigenvalue weighted by Gasteiger charge is -2.10. The second-order valence-electron chi connectivity index (χ2n) is 6.19. The van der Waals surface area contributed by atoms with Crippen molar-refractivity contribution in [1.82, 2.24) is 25.3 Å². The fourth-order valence-corrected chi connectivity index (χ4v) is 3.08. The van der Waals surface area contributed by atoms with E-state index in [1.54, 1.807) is 48.8 Å². The largest absolute Gasteiger partial charge is 0.346 e. The molecule has 29 heavy (non-hydrogen) atoms. The van der Waals surface area contributed by atoms with E-state index in [0.29, 0.717) is 16.4 Å². The molecule has 2 aromatic carbocycles. The molecule has 0 aliphatic rings. The van der Waals surface area contributed by atoms with Crippen LogP contribution in [-0.2, 0) is 6.54 Å². The molecule has 0 saturated carbocycles. The summed E-state index contributed by atoms with van der Waals surface area (Å²) in [5, 5.41) is 11.5. The van der Waals surface area contributed by atoms with Gasteiger partial charge in [-0.1, -0.05) is 41.1 Å². The molecule has 1 amide bonds. The Morgan fingerprint density at radius 3 is 2.48 bits per heavy atom. The van der Waals surface area contributed by atoms with Gasteiger partial charge >= 0.3 is 0 Å². The molecule has 144 valence electrons. The monoisotopic (exact) mass is 407 g/mol. The van der Waals surface area contributed by atoms with Crippen molar-refractivity contribution in [2.45, 2.75) is 6.54 Å². The van der Waals surface area contributed by atoms with Gasteiger partial charge in [-0.15, -0.1) is 5.10 Å². The molecule has 4 rings (SSSR count). The van der Waals surface area contributed by atoms with Crippen molar-refractivity contribution >= 4 is 17.5 Å². The number of para-hydroxylation sites is 1. The van der Waals surface area contributed by atoms with Crippen LogP contribution in [0.15, 0.2) is 73.1 Å². The van der Waals surface area contributed by atoms with Crippen LogP contribution in [0.4, 0.5) is 4.39 Å². The smallest absolute Gasteiger partial charge is 0.274 e. The maximum Gasteiger partial charge on any atom is 0.274 e. The van der Waals surface area contributed by atoms with Gasteiger partial charge in [0, 0.05) is 24.5 Å². The number of nitrogens with zero attached hydrogens (tertiary/aromatic N) is 4. The molecular weight excluding hydrogens is 393 g/mol. The van der Waals surface area contributed by atoms with Gasteiger partial charge in [0.1, 0.15) is 11.5 Å². The van der Waals surface area contributed by atoms with Crippen LogP contribution in [0, 0.1) is 5.82 Å². The molecule has 0 bridgehead atoms. The van der Waals surface area contributed by atoms with Crippen molar-refractivity contribution in [3.05, 3.63) is 95.2 Å². The lowest BCUT2D eigenvalue weighted by Crippen LogP contribution is -2.24. The third-order valence-corrected chi connectivity index (χ3v) is 4.61. The first-order valence-electron chi connectivity index (χ1n) is 8.77. The first kappa shape index (κ1) is 18.8. The van der Waals surface area contributed by atoms with Gasteiger partial charge in [-0.05, 0) is 42.0 Å². The van der Waals surface area contributed by atoms with Crippen molar-refractivity contribution in [2.75, 3.05) is 0 Å². The van der Waals surface area contributed by atoms with Crippen LogP contribution < -0.4 is 5.32 Å². The van der Waals surface area contributed by atoms with Gasteiger partial charge in [0.25, 0.3) is 5.91 Å². The van der Waals surface area contributed by atoms with Gasteiger partial charge in [-0.3, -0.25) is 9.78 Å². The van der Waals surface area contributed by atoms with Gasteiger partial charge in [-0.2, -0.15) is 0 Å². The number of pyridine rings is 1. The molecule has 6 nitrogen and oxygen atoms in total. The van der Waals surface area contributed by atoms with Gasteiger partial charge < -0.3 is 5.32 Å². The van der Waals surface area contributed by atoms with Crippen molar-refractivity contribution in [2.24, 2.45) is 0 Å². The summed E-state index contributed by atoms with van der Waals surface area (Å²) in [5.41, 5.74) is 2.74. The lowest BCUT2D eigenvalue weighted by atomic mass is 10.1. The van der Waals surface area contributed by atoms with Crippen molar-refractivity contribution < 1.29 is 9.18 Å². The second-order valence-corrected chi connectivity index (χ2v) is 6.60. The molecule has 1 N–H and O–H groups in total. The standard InChI is InChI=1S/C21H15ClFN5O/c22-17-3-1-2-4-18(17)28-20(15-9-11-24-12-10-15)19(26-27-28)21(29)25-13-14-5-7-16(23)8-6-14/h1-12H,13H2,(H,25,29). The highest BCUT2D eigenvalue weighted by Gasteiger charge is 2.23. The third kappa shape index (κ3) is 4.00. The summed E-state index contributed by atoms with van der Waals surface area (Å²) >= 11 is 6.33. The van der Waals surface area contributed by atoms with Crippen LogP contribution in [0.2, 0.25) is 5.02 Å². The Morgan fingerprint density at radius 2 is 1.76 bits per heavy atom. The average molecular weight is 408 g/mol. The van der Waals surface area contributed by atoms with E-state index in [2.05, 4.69) is 20.6 Å². The summed E-state index contributed by atoms with van der Waals surface area (Å²) in [6.45, 7) is 0.230. The van der Waals surface area contributed by atoms with E-state index in [1.165, 1.54) is 16.8 Å². The van der Waals surface area contributed by atoms with E-state index in [4.69, 9.17) is 11.6 Å². The molecule has 8 heteroatoms. The Hall–Kier alpha value is -3.58. The Kier molecular flexibility index (Phi) is 5.31. The SMILES string of the molecule is O=C(NCc1ccc(F)cc1)c1nnn(-c2ccccc2Cl)c1-c1ccncc1. The third-order valence-electron chi connectivity index (χ3n) is 4.29. The Morgan fingerprint density at radius 1 is 1.03 bits per heavy atom. The molecule has 0 unspecified atom stereocenters. The number of hydrogen-bond acceptors (Lipinski definition) is 4. The predicted octanol–water partition coefficient (Wildman–Crippen LogP) is 4.05. The predicted molar refractivity (Wildman–Crippen MR) is 107 cm³/mol. The summed E-state index contributed by atoms with van der Waals surface area (Å²) < 4.78 is 14.6. The molecule has 0 atom stereocenters. The Bertz CT molecular complexity index is 1150. The van der Waals surface area contributed by atoms with Crippen molar-refractivity contribution in [1.29, 1.82) is 0 Å². The number of amides is 1. The number of halogens is 2. The molecule has 0 radical (unpaired) electrons. The summed E-state index contributed by atoms with van der Waals surface area (Å²) in [4.78, 5) is 16.9. The maximum absolute atomic E-state index is 13.1. The minimum Gasteiger partial charge on any atom is -0.346 e. The minimum atomic E-state index is -0.403. The van der Waals surface area contributed by atoms with Gasteiger partial charge in [0.05, 0.1) is 10.7 Å². The highest BCUT2D eigenvalue weighted by atomic mass is 35.5. The van der Waals surface area contributed by atoms with Crippen LogP contribution in [-0.4, -0.2) is 25.9 Å². The molecule has 2 heterocycles. The van der Waals surface area contributed by atoms with E-state index < -0.39 is 5.91 Å². The number of carbonyl (C=O) groups excluding carboxylic acids is 1. The first-order chi connectivity index (χ1) is 14.1. The normalized spacial score (nSPS) is 10.7. The maximum atomic E-state index is 13.1. The van der Waals surface area contributed by atoms with Gasteiger partial charge in [0.2, 0.25) is 0 Å². The fourth-order valence-electron chi connectivity index (χ4n) is 2.86. The number of carbonyl (C=O) groups is 1. The van der Waals surface area contributed by atoms with Gasteiger partial charge in [0.15, 0.2) is 5.69 Å². The van der Waals surface area contributed by atoms with E-state index in [0.717, 1.165) is 11.1 Å². The summed E-state index contributed by atoms with van der Waals surface area (Å²) in [7, 11) is 0. The number of benzene rings is 2. The quantitative estimate of drug-likeness (QED) is 0.541. The highest BCUT2D eigenvalue weighted by Crippen LogP contribution is 2.28. The summed E-state index contributed by atoms with van der Waals surface area (Å²) in [6, 6.07) is 16.6. The van der Waals surface area contributed by atoms with Crippen molar-refractivity contribution in [3.63, 3.8) is 0 Å². The van der Waals surface area contributed by atoms with Crippen LogP contribution in [0.1, 0.15) is 16.1 Å². The molecule has 0 spiro atoms. The average Bonchev–Trinajstić information content (AvgIpc) is 3.19. The first-order valence-corrected chi connectivity index (χ1v) is 9.15. The molecule has 0 aliphatic carbocycles. The fraction of sp³-hybridized carbons (Fsp3) is 0.0476. The molecule has 0 fully saturated rings. The van der Waals surface area contributed by atoms with Crippen LogP contribution >= 0.6 is 11.6 Å². The zero-order chi connectivity index (χ0) is 20.2. The number of nitrogens with one attached hydrogen (secondary N) is 1. The zero-order valence-corrected chi connectivity index (χ0v) is 15.8. The number of rotatable bonds is 5. The van der Waals surface area contributed by atoms with E-state index >= 15 is 0 Å². The number of hydrogen-bond donors (Lipinski definition) is 1. The van der Waals surface area contributed by atoms with E-state index in [-0.39, 0.29) is 18.1 Å². The molecular formula is C21H15ClFN5O. The number of aromatic nitrogens is 4. The second kappa shape index (κ2) is 8.20. The molecule has 4 aromatic rings. The minimum absolute atomic E-state index is 0.151. The van der Waals surface area contributed by atoms with Crippen LogP contribution in [0.3, 0.4) is 0 Å². The van der Waals surface area contributed by atoms with Gasteiger partial charge in [-0.25, -0.2) is 9.07 Å². The lowest BCUT2D eigenvalue weighted by molar-refractivity contribution is 0.0946. The van der Waals surface area contributed by atoms with Crippen LogP contribution in [0.5, 0.6) is 0 Å². The molecule has 0 saturated heterocycles. The topological polar surface area (TPSA) is 72.7 Å². The highest BCUT2D eigenvalue weighted by molar-refractivity contribution is 6.32. The zero-order valence-electron chi connectivity index (χ0n) is 15.1. The Labute approximate surface area is 171 Å². The summed E-state index contributed by atoms with van der Waals surface area (Å²) in [6.07, 6.45) is 3.25. The molecule has 2 aromatic heterocycles. The van der Waals surface area contributed by atoms with Crippen LogP contribution in [0.25, 0.3) is 16.9 Å². The Balaban J connectivity index is 1.70. The van der Waals surface area contributed by atoms with E-state index in [9.17, 15) is 9.18 Å².